The molecule has 0 saturated heterocycles. The first kappa shape index (κ1) is 16.4. The highest BCUT2D eigenvalue weighted by atomic mass is 32.2. The maximum absolute atomic E-state index is 10.7. The van der Waals surface area contributed by atoms with Crippen LogP contribution in [0.4, 0.5) is 5.69 Å². The van der Waals surface area contributed by atoms with Crippen LogP contribution in [0.15, 0.2) is 29.2 Å². The van der Waals surface area contributed by atoms with Crippen molar-refractivity contribution >= 4 is 23.4 Å². The lowest BCUT2D eigenvalue weighted by Crippen LogP contribution is -2.28. The molecule has 0 fully saturated rings. The van der Waals surface area contributed by atoms with Gasteiger partial charge in [0.2, 0.25) is 0 Å². The van der Waals surface area contributed by atoms with Crippen molar-refractivity contribution in [2.45, 2.75) is 31.6 Å². The summed E-state index contributed by atoms with van der Waals surface area (Å²) < 4.78 is 0. The summed E-state index contributed by atoms with van der Waals surface area (Å²) in [7, 11) is 0. The van der Waals surface area contributed by atoms with E-state index in [2.05, 4.69) is 18.7 Å². The molecule has 1 rings (SSSR count). The molecular formula is C15H20N2O2S. The van der Waals surface area contributed by atoms with E-state index >= 15 is 0 Å². The predicted octanol–water partition coefficient (Wildman–Crippen LogP) is 3.59. The summed E-state index contributed by atoms with van der Waals surface area (Å²) in [6.45, 7) is 5.66. The number of nitriles is 1. The molecule has 0 unspecified atom stereocenters. The Morgan fingerprint density at radius 2 is 2.00 bits per heavy atom. The zero-order chi connectivity index (χ0) is 15.0. The fraction of sp³-hybridized carbons (Fsp3) is 0.467. The van der Waals surface area contributed by atoms with Gasteiger partial charge in [0.15, 0.2) is 0 Å². The maximum atomic E-state index is 10.7. The van der Waals surface area contributed by atoms with E-state index in [4.69, 9.17) is 10.4 Å². The lowest BCUT2D eigenvalue weighted by atomic mass is 10.1. The summed E-state index contributed by atoms with van der Waals surface area (Å²) in [5.41, 5.74) is 1.01. The van der Waals surface area contributed by atoms with Crippen LogP contribution in [0, 0.1) is 16.6 Å². The minimum Gasteiger partial charge on any atom is -0.481 e. The van der Waals surface area contributed by atoms with Gasteiger partial charge in [-0.1, -0.05) is 13.8 Å². The molecule has 0 aromatic heterocycles. The van der Waals surface area contributed by atoms with Crippen LogP contribution in [0.25, 0.3) is 0 Å². The van der Waals surface area contributed by atoms with E-state index in [1.165, 1.54) is 0 Å². The molecule has 0 saturated carbocycles. The average molecular weight is 292 g/mol. The van der Waals surface area contributed by atoms with Gasteiger partial charge in [0, 0.05) is 23.7 Å². The standard InChI is InChI=1S/C15H20N2O2S/c1-12(2)7-9-17(10-8-15(18)19)13-3-5-14(6-4-13)20-11-16/h3-6,12H,7-10H2,1-2H3,(H,18,19). The Balaban J connectivity index is 2.74. The van der Waals surface area contributed by atoms with Gasteiger partial charge in [0.05, 0.1) is 6.42 Å². The molecule has 1 N–H and O–H groups in total. The third kappa shape index (κ3) is 5.98. The average Bonchev–Trinajstić information content (AvgIpc) is 2.40. The molecule has 0 heterocycles. The quantitative estimate of drug-likeness (QED) is 0.586. The second-order valence-corrected chi connectivity index (χ2v) is 5.86. The van der Waals surface area contributed by atoms with Gasteiger partial charge < -0.3 is 10.0 Å². The van der Waals surface area contributed by atoms with Crippen molar-refractivity contribution in [3.8, 4) is 5.40 Å². The van der Waals surface area contributed by atoms with E-state index in [1.807, 2.05) is 29.7 Å². The lowest BCUT2D eigenvalue weighted by molar-refractivity contribution is -0.136. The molecule has 0 aliphatic carbocycles. The minimum atomic E-state index is -0.781. The smallest absolute Gasteiger partial charge is 0.305 e. The van der Waals surface area contributed by atoms with Crippen LogP contribution in [-0.2, 0) is 4.79 Å². The van der Waals surface area contributed by atoms with Gasteiger partial charge in [-0.25, -0.2) is 0 Å². The Morgan fingerprint density at radius 1 is 1.35 bits per heavy atom. The van der Waals surface area contributed by atoms with Crippen LogP contribution in [0.1, 0.15) is 26.7 Å². The van der Waals surface area contributed by atoms with Crippen LogP contribution in [0.5, 0.6) is 0 Å². The number of carboxylic acid groups (broad SMARTS) is 1. The van der Waals surface area contributed by atoms with Crippen molar-refractivity contribution in [3.63, 3.8) is 0 Å². The third-order valence-corrected chi connectivity index (χ3v) is 3.54. The SMILES string of the molecule is CC(C)CCN(CCC(=O)O)c1ccc(SC#N)cc1. The molecule has 108 valence electrons. The van der Waals surface area contributed by atoms with Crippen molar-refractivity contribution in [2.24, 2.45) is 5.92 Å². The number of aliphatic carboxylic acids is 1. The second kappa shape index (κ2) is 8.49. The summed E-state index contributed by atoms with van der Waals surface area (Å²) in [5.74, 6) is -0.202. The highest BCUT2D eigenvalue weighted by Crippen LogP contribution is 2.22. The van der Waals surface area contributed by atoms with Crippen LogP contribution in [-0.4, -0.2) is 24.2 Å². The van der Waals surface area contributed by atoms with E-state index in [0.717, 1.165) is 35.3 Å². The molecule has 0 aliphatic rings. The number of carboxylic acids is 1. The number of nitrogens with zero attached hydrogens (tertiary/aromatic N) is 2. The van der Waals surface area contributed by atoms with E-state index in [1.54, 1.807) is 0 Å². The van der Waals surface area contributed by atoms with Crippen LogP contribution < -0.4 is 4.90 Å². The van der Waals surface area contributed by atoms with E-state index in [0.29, 0.717) is 12.5 Å². The summed E-state index contributed by atoms with van der Waals surface area (Å²) >= 11 is 1.13. The highest BCUT2D eigenvalue weighted by Gasteiger charge is 2.09. The first-order chi connectivity index (χ1) is 9.52. The van der Waals surface area contributed by atoms with Gasteiger partial charge >= 0.3 is 5.97 Å². The first-order valence-corrected chi connectivity index (χ1v) is 7.47. The summed E-state index contributed by atoms with van der Waals surface area (Å²) in [4.78, 5) is 13.7. The molecule has 0 bridgehead atoms. The molecule has 0 spiro atoms. The molecule has 0 amide bonds. The summed E-state index contributed by atoms with van der Waals surface area (Å²) in [6.07, 6.45) is 1.15. The van der Waals surface area contributed by atoms with Crippen LogP contribution >= 0.6 is 11.8 Å². The predicted molar refractivity (Wildman–Crippen MR) is 81.8 cm³/mol. The molecule has 0 radical (unpaired) electrons. The first-order valence-electron chi connectivity index (χ1n) is 6.65. The zero-order valence-electron chi connectivity index (χ0n) is 11.9. The fourth-order valence-electron chi connectivity index (χ4n) is 1.79. The Morgan fingerprint density at radius 3 is 2.50 bits per heavy atom. The molecular weight excluding hydrogens is 272 g/mol. The fourth-order valence-corrected chi connectivity index (χ4v) is 2.17. The van der Waals surface area contributed by atoms with Crippen molar-refractivity contribution in [1.29, 1.82) is 5.26 Å². The Labute approximate surface area is 124 Å². The van der Waals surface area contributed by atoms with E-state index in [9.17, 15) is 4.79 Å². The largest absolute Gasteiger partial charge is 0.481 e. The number of thioether (sulfide) groups is 1. The number of anilines is 1. The summed E-state index contributed by atoms with van der Waals surface area (Å²) in [6, 6.07) is 7.68. The normalized spacial score (nSPS) is 10.3. The third-order valence-electron chi connectivity index (χ3n) is 2.94. The molecule has 1 aromatic carbocycles. The number of hydrogen-bond acceptors (Lipinski definition) is 4. The lowest BCUT2D eigenvalue weighted by Gasteiger charge is -2.25. The maximum Gasteiger partial charge on any atom is 0.305 e. The number of rotatable bonds is 8. The monoisotopic (exact) mass is 292 g/mol. The molecule has 20 heavy (non-hydrogen) atoms. The van der Waals surface area contributed by atoms with Gasteiger partial charge in [0.1, 0.15) is 5.40 Å². The van der Waals surface area contributed by atoms with Gasteiger partial charge in [-0.3, -0.25) is 4.79 Å². The molecule has 4 nitrogen and oxygen atoms in total. The Bertz CT molecular complexity index is 466. The number of thiocyanates is 1. The summed E-state index contributed by atoms with van der Waals surface area (Å²) in [5, 5.41) is 19.5. The number of benzene rings is 1. The Kier molecular flexibility index (Phi) is 6.96. The van der Waals surface area contributed by atoms with Gasteiger partial charge in [-0.05, 0) is 48.4 Å². The zero-order valence-corrected chi connectivity index (χ0v) is 12.7. The van der Waals surface area contributed by atoms with Crippen molar-refractivity contribution in [2.75, 3.05) is 18.0 Å². The van der Waals surface area contributed by atoms with E-state index < -0.39 is 5.97 Å². The highest BCUT2D eigenvalue weighted by molar-refractivity contribution is 8.03. The van der Waals surface area contributed by atoms with Gasteiger partial charge in [-0.15, -0.1) is 0 Å². The van der Waals surface area contributed by atoms with E-state index in [-0.39, 0.29) is 6.42 Å². The number of carbonyl (C=O) groups is 1. The van der Waals surface area contributed by atoms with Crippen LogP contribution in [0.2, 0.25) is 0 Å². The number of hydrogen-bond donors (Lipinski definition) is 1. The van der Waals surface area contributed by atoms with Gasteiger partial charge in [-0.2, -0.15) is 5.26 Å². The minimum absolute atomic E-state index is 0.132. The van der Waals surface area contributed by atoms with Crippen molar-refractivity contribution in [3.05, 3.63) is 24.3 Å². The van der Waals surface area contributed by atoms with Crippen LogP contribution in [0.3, 0.4) is 0 Å². The van der Waals surface area contributed by atoms with Crippen molar-refractivity contribution < 1.29 is 9.90 Å². The topological polar surface area (TPSA) is 64.3 Å². The van der Waals surface area contributed by atoms with Crippen molar-refractivity contribution in [1.82, 2.24) is 0 Å². The molecule has 5 heteroatoms. The molecule has 1 aromatic rings. The second-order valence-electron chi connectivity index (χ2n) is 5.00. The van der Waals surface area contributed by atoms with Gasteiger partial charge in [0.25, 0.3) is 0 Å². The molecule has 0 aliphatic heterocycles. The molecule has 0 atom stereocenters. The Hall–Kier alpha value is -1.67.